The molecule has 1 nitrogen and oxygen atoms in total. The Morgan fingerprint density at radius 3 is 1.56 bits per heavy atom. The van der Waals surface area contributed by atoms with Crippen LogP contribution >= 0.6 is 23.8 Å². The summed E-state index contributed by atoms with van der Waals surface area (Å²) in [4.78, 5) is 1.99. The summed E-state index contributed by atoms with van der Waals surface area (Å²) in [7, 11) is 0. The van der Waals surface area contributed by atoms with E-state index in [1.165, 1.54) is 11.1 Å². The molecule has 18 heavy (non-hydrogen) atoms. The van der Waals surface area contributed by atoms with Crippen LogP contribution in [0.4, 0.5) is 0 Å². The number of halogens is 1. The van der Waals surface area contributed by atoms with Gasteiger partial charge in [-0.25, -0.2) is 0 Å². The van der Waals surface area contributed by atoms with E-state index in [0.29, 0.717) is 4.45 Å². The van der Waals surface area contributed by atoms with Gasteiger partial charge >= 0.3 is 0 Å². The molecule has 2 aromatic rings. The molecule has 2 aromatic carbocycles. The van der Waals surface area contributed by atoms with Crippen LogP contribution in [0.25, 0.3) is 0 Å². The van der Waals surface area contributed by atoms with Crippen LogP contribution < -0.4 is 0 Å². The molecule has 0 N–H and O–H groups in total. The Balaban J connectivity index is 2.08. The van der Waals surface area contributed by atoms with Crippen molar-refractivity contribution in [2.45, 2.75) is 13.1 Å². The molecule has 0 aromatic heterocycles. The molecule has 0 fully saturated rings. The summed E-state index contributed by atoms with van der Waals surface area (Å²) in [6.07, 6.45) is 0. The predicted molar refractivity (Wildman–Crippen MR) is 80.6 cm³/mol. The number of rotatable bonds is 4. The topological polar surface area (TPSA) is 3.24 Å². The van der Waals surface area contributed by atoms with E-state index in [1.807, 2.05) is 41.3 Å². The van der Waals surface area contributed by atoms with Crippen LogP contribution in [0.1, 0.15) is 11.1 Å². The minimum absolute atomic E-state index is 0.405. The second-order valence-electron chi connectivity index (χ2n) is 4.08. The molecule has 0 unspecified atom stereocenters. The van der Waals surface area contributed by atoms with Gasteiger partial charge in [-0.05, 0) is 23.3 Å². The van der Waals surface area contributed by atoms with Gasteiger partial charge in [0.05, 0.1) is 0 Å². The van der Waals surface area contributed by atoms with E-state index >= 15 is 0 Å². The van der Waals surface area contributed by atoms with E-state index in [-0.39, 0.29) is 0 Å². The Kier molecular flexibility index (Phi) is 4.73. The molecule has 0 bridgehead atoms. The Hall–Kier alpha value is -1.38. The summed E-state index contributed by atoms with van der Waals surface area (Å²) < 4.78 is 0.405. The molecule has 0 aliphatic rings. The average Bonchev–Trinajstić information content (AvgIpc) is 2.40. The highest BCUT2D eigenvalue weighted by molar-refractivity contribution is 7.83. The van der Waals surface area contributed by atoms with Crippen molar-refractivity contribution in [3.8, 4) is 0 Å². The molecule has 0 aliphatic carbocycles. The monoisotopic (exact) mass is 275 g/mol. The standard InChI is InChI=1S/C15H14ClNS/c16-15(18)17(11-13-7-3-1-4-8-13)12-14-9-5-2-6-10-14/h1-10H,11-12H2. The zero-order chi connectivity index (χ0) is 12.8. The van der Waals surface area contributed by atoms with E-state index in [9.17, 15) is 0 Å². The Morgan fingerprint density at radius 1 is 0.833 bits per heavy atom. The second-order valence-corrected chi connectivity index (χ2v) is 5.05. The Labute approximate surface area is 118 Å². The fraction of sp³-hybridized carbons (Fsp3) is 0.133. The zero-order valence-electron chi connectivity index (χ0n) is 9.92. The number of hydrogen-bond donors (Lipinski definition) is 0. The molecule has 0 saturated heterocycles. The molecule has 0 spiro atoms. The van der Waals surface area contributed by atoms with E-state index < -0.39 is 0 Å². The van der Waals surface area contributed by atoms with Gasteiger partial charge in [0.15, 0.2) is 4.45 Å². The SMILES string of the molecule is S=C(Cl)N(Cc1ccccc1)Cc1ccccc1. The van der Waals surface area contributed by atoms with Crippen LogP contribution in [0, 0.1) is 0 Å². The van der Waals surface area contributed by atoms with Gasteiger partial charge in [0.25, 0.3) is 0 Å². The maximum Gasteiger partial charge on any atom is 0.170 e. The smallest absolute Gasteiger partial charge is 0.170 e. The van der Waals surface area contributed by atoms with Gasteiger partial charge in [0.2, 0.25) is 0 Å². The van der Waals surface area contributed by atoms with Gasteiger partial charge in [0, 0.05) is 13.1 Å². The Morgan fingerprint density at radius 2 is 1.22 bits per heavy atom. The van der Waals surface area contributed by atoms with Crippen LogP contribution in [0.15, 0.2) is 60.7 Å². The van der Waals surface area contributed by atoms with Crippen molar-refractivity contribution >= 4 is 28.3 Å². The molecule has 0 saturated carbocycles. The molecule has 2 rings (SSSR count). The number of nitrogens with zero attached hydrogens (tertiary/aromatic N) is 1. The van der Waals surface area contributed by atoms with Crippen molar-refractivity contribution in [2.75, 3.05) is 0 Å². The van der Waals surface area contributed by atoms with Crippen LogP contribution in [0.3, 0.4) is 0 Å². The minimum Gasteiger partial charge on any atom is -0.345 e. The van der Waals surface area contributed by atoms with Gasteiger partial charge in [-0.3, -0.25) is 0 Å². The highest BCUT2D eigenvalue weighted by Gasteiger charge is 2.08. The van der Waals surface area contributed by atoms with Gasteiger partial charge in [0.1, 0.15) is 0 Å². The Bertz CT molecular complexity index is 457. The summed E-state index contributed by atoms with van der Waals surface area (Å²) in [5, 5.41) is 0. The maximum absolute atomic E-state index is 6.00. The van der Waals surface area contributed by atoms with Gasteiger partial charge in [-0.15, -0.1) is 0 Å². The molecular weight excluding hydrogens is 262 g/mol. The van der Waals surface area contributed by atoms with Gasteiger partial charge in [-0.1, -0.05) is 72.3 Å². The first-order valence-electron chi connectivity index (χ1n) is 5.78. The number of thiocarbonyl (C=S) groups is 1. The average molecular weight is 276 g/mol. The quantitative estimate of drug-likeness (QED) is 0.467. The fourth-order valence-corrected chi connectivity index (χ4v) is 2.04. The predicted octanol–water partition coefficient (Wildman–Crippen LogP) is 4.21. The van der Waals surface area contributed by atoms with Crippen LogP contribution in [0.5, 0.6) is 0 Å². The third-order valence-corrected chi connectivity index (χ3v) is 3.18. The molecule has 0 atom stereocenters. The normalized spacial score (nSPS) is 10.1. The van der Waals surface area contributed by atoms with Crippen LogP contribution in [-0.2, 0) is 13.1 Å². The summed E-state index contributed by atoms with van der Waals surface area (Å²) >= 11 is 11.1. The molecule has 0 amide bonds. The summed E-state index contributed by atoms with van der Waals surface area (Å²) in [6.45, 7) is 1.47. The first-order valence-corrected chi connectivity index (χ1v) is 6.56. The third kappa shape index (κ3) is 3.83. The van der Waals surface area contributed by atoms with Crippen molar-refractivity contribution in [1.82, 2.24) is 4.90 Å². The lowest BCUT2D eigenvalue weighted by Gasteiger charge is -2.22. The van der Waals surface area contributed by atoms with Crippen molar-refractivity contribution in [3.63, 3.8) is 0 Å². The van der Waals surface area contributed by atoms with Crippen molar-refractivity contribution < 1.29 is 0 Å². The molecule has 92 valence electrons. The largest absolute Gasteiger partial charge is 0.345 e. The minimum atomic E-state index is 0.405. The molecule has 0 aliphatic heterocycles. The second kappa shape index (κ2) is 6.53. The van der Waals surface area contributed by atoms with E-state index in [4.69, 9.17) is 23.8 Å². The van der Waals surface area contributed by atoms with Crippen molar-refractivity contribution in [3.05, 3.63) is 71.8 Å². The summed E-state index contributed by atoms with van der Waals surface area (Å²) in [5.41, 5.74) is 2.41. The zero-order valence-corrected chi connectivity index (χ0v) is 11.5. The first-order chi connectivity index (χ1) is 8.75. The van der Waals surface area contributed by atoms with E-state index in [1.54, 1.807) is 0 Å². The summed E-state index contributed by atoms with van der Waals surface area (Å²) in [5.74, 6) is 0. The van der Waals surface area contributed by atoms with E-state index in [2.05, 4.69) is 24.3 Å². The van der Waals surface area contributed by atoms with Gasteiger partial charge in [-0.2, -0.15) is 0 Å². The third-order valence-electron chi connectivity index (χ3n) is 2.68. The highest BCUT2D eigenvalue weighted by atomic mass is 35.5. The summed E-state index contributed by atoms with van der Waals surface area (Å²) in [6, 6.07) is 20.4. The molecular formula is C15H14ClNS. The lowest BCUT2D eigenvalue weighted by Crippen LogP contribution is -2.24. The number of hydrogen-bond acceptors (Lipinski definition) is 1. The van der Waals surface area contributed by atoms with Gasteiger partial charge < -0.3 is 4.90 Å². The van der Waals surface area contributed by atoms with Crippen LogP contribution in [0.2, 0.25) is 0 Å². The van der Waals surface area contributed by atoms with Crippen molar-refractivity contribution in [2.24, 2.45) is 0 Å². The first kappa shape index (κ1) is 13.1. The molecule has 0 radical (unpaired) electrons. The van der Waals surface area contributed by atoms with E-state index in [0.717, 1.165) is 13.1 Å². The highest BCUT2D eigenvalue weighted by Crippen LogP contribution is 2.12. The maximum atomic E-state index is 6.00. The van der Waals surface area contributed by atoms with Crippen molar-refractivity contribution in [1.29, 1.82) is 0 Å². The molecule has 0 heterocycles. The number of benzene rings is 2. The fourth-order valence-electron chi connectivity index (χ4n) is 1.79. The lowest BCUT2D eigenvalue weighted by molar-refractivity contribution is 0.420. The molecule has 3 heteroatoms. The lowest BCUT2D eigenvalue weighted by atomic mass is 10.2. The van der Waals surface area contributed by atoms with Crippen LogP contribution in [-0.4, -0.2) is 9.35 Å².